The minimum Gasteiger partial charge on any atom is -0.359 e. The van der Waals surface area contributed by atoms with Crippen molar-refractivity contribution < 1.29 is 4.79 Å². The second-order valence-electron chi connectivity index (χ2n) is 1.38. The molecule has 0 aliphatic carbocycles. The van der Waals surface area contributed by atoms with E-state index in [0.29, 0.717) is 25.9 Å². The molecule has 0 aliphatic heterocycles. The Morgan fingerprint density at radius 1 is 1.78 bits per heavy atom. The van der Waals surface area contributed by atoms with Crippen molar-refractivity contribution >= 4 is 6.41 Å². The molecule has 50 valence electrons. The third kappa shape index (κ3) is 6.78. The number of azide groups is 1. The quantitative estimate of drug-likeness (QED) is 0.188. The number of hydrogen-bond acceptors (Lipinski definition) is 2. The van der Waals surface area contributed by atoms with Crippen molar-refractivity contribution in [3.63, 3.8) is 0 Å². The topological polar surface area (TPSA) is 77.9 Å². The lowest BCUT2D eigenvalue weighted by molar-refractivity contribution is -0.109. The highest BCUT2D eigenvalue weighted by Gasteiger charge is 1.80. The van der Waals surface area contributed by atoms with Crippen molar-refractivity contribution in [1.82, 2.24) is 5.32 Å². The number of nitrogens with one attached hydrogen (secondary N) is 1. The Morgan fingerprint density at radius 3 is 3.11 bits per heavy atom. The first-order chi connectivity index (χ1) is 4.41. The average molecular weight is 128 g/mol. The molecule has 0 heterocycles. The van der Waals surface area contributed by atoms with Gasteiger partial charge in [0.05, 0.1) is 0 Å². The number of nitrogens with zero attached hydrogens (tertiary/aromatic N) is 3. The SMILES string of the molecule is [N-]=[N+]=NCCCNC=O. The normalized spacial score (nSPS) is 7.56. The van der Waals surface area contributed by atoms with E-state index < -0.39 is 0 Å². The molecule has 0 rings (SSSR count). The van der Waals surface area contributed by atoms with Crippen LogP contribution in [0.4, 0.5) is 0 Å². The summed E-state index contributed by atoms with van der Waals surface area (Å²) in [5, 5.41) is 5.71. The lowest BCUT2D eigenvalue weighted by Crippen LogP contribution is -2.12. The fourth-order valence-electron chi connectivity index (χ4n) is 0.355. The van der Waals surface area contributed by atoms with Crippen molar-refractivity contribution in [3.05, 3.63) is 10.4 Å². The summed E-state index contributed by atoms with van der Waals surface area (Å²) in [7, 11) is 0. The summed E-state index contributed by atoms with van der Waals surface area (Å²) in [6.45, 7) is 1.01. The third-order valence-corrected chi connectivity index (χ3v) is 0.726. The van der Waals surface area contributed by atoms with E-state index in [4.69, 9.17) is 5.53 Å². The molecule has 0 aliphatic rings. The van der Waals surface area contributed by atoms with Gasteiger partial charge in [-0.25, -0.2) is 0 Å². The zero-order chi connectivity index (χ0) is 6.95. The number of amides is 1. The monoisotopic (exact) mass is 128 g/mol. The van der Waals surface area contributed by atoms with Crippen molar-refractivity contribution in [2.75, 3.05) is 13.1 Å². The van der Waals surface area contributed by atoms with Gasteiger partial charge < -0.3 is 5.32 Å². The molecule has 0 aromatic carbocycles. The van der Waals surface area contributed by atoms with Gasteiger partial charge in [-0.15, -0.1) is 0 Å². The maximum atomic E-state index is 9.62. The summed E-state index contributed by atoms with van der Waals surface area (Å²) in [6.07, 6.45) is 1.32. The first-order valence-electron chi connectivity index (χ1n) is 2.59. The van der Waals surface area contributed by atoms with E-state index in [1.165, 1.54) is 0 Å². The van der Waals surface area contributed by atoms with Crippen LogP contribution in [0.2, 0.25) is 0 Å². The molecular formula is C4H8N4O. The molecule has 1 amide bonds. The van der Waals surface area contributed by atoms with E-state index in [1.807, 2.05) is 0 Å². The standard InChI is InChI=1S/C4H8N4O/c5-8-7-3-1-2-6-4-9/h4H,1-3H2,(H,6,9). The van der Waals surface area contributed by atoms with Gasteiger partial charge in [-0.1, -0.05) is 5.11 Å². The van der Waals surface area contributed by atoms with Gasteiger partial charge in [0.25, 0.3) is 0 Å². The zero-order valence-electron chi connectivity index (χ0n) is 4.95. The Labute approximate surface area is 52.7 Å². The van der Waals surface area contributed by atoms with E-state index in [2.05, 4.69) is 15.3 Å². The van der Waals surface area contributed by atoms with E-state index >= 15 is 0 Å². The van der Waals surface area contributed by atoms with Crippen LogP contribution in [0.15, 0.2) is 5.11 Å². The molecule has 0 bridgehead atoms. The molecule has 0 unspecified atom stereocenters. The van der Waals surface area contributed by atoms with Gasteiger partial charge in [0.15, 0.2) is 0 Å². The Bertz CT molecular complexity index is 118. The van der Waals surface area contributed by atoms with E-state index in [0.717, 1.165) is 0 Å². The van der Waals surface area contributed by atoms with Crippen molar-refractivity contribution in [3.8, 4) is 0 Å². The smallest absolute Gasteiger partial charge is 0.207 e. The molecule has 0 atom stereocenters. The van der Waals surface area contributed by atoms with E-state index in [1.54, 1.807) is 0 Å². The van der Waals surface area contributed by atoms with Gasteiger partial charge in [-0.3, -0.25) is 4.79 Å². The zero-order valence-corrected chi connectivity index (χ0v) is 4.95. The molecule has 0 radical (unpaired) electrons. The summed E-state index contributed by atoms with van der Waals surface area (Å²) in [6, 6.07) is 0. The highest BCUT2D eigenvalue weighted by Crippen LogP contribution is 1.76. The van der Waals surface area contributed by atoms with Crippen molar-refractivity contribution in [1.29, 1.82) is 0 Å². The molecule has 9 heavy (non-hydrogen) atoms. The predicted octanol–water partition coefficient (Wildman–Crippen LogP) is 0.433. The fourth-order valence-corrected chi connectivity index (χ4v) is 0.355. The molecule has 0 saturated heterocycles. The van der Waals surface area contributed by atoms with Crippen LogP contribution in [-0.2, 0) is 4.79 Å². The molecule has 5 heteroatoms. The van der Waals surface area contributed by atoms with Crippen LogP contribution in [0.3, 0.4) is 0 Å². The lowest BCUT2D eigenvalue weighted by Gasteiger charge is -1.91. The highest BCUT2D eigenvalue weighted by molar-refractivity contribution is 5.45. The molecule has 5 nitrogen and oxygen atoms in total. The molecule has 1 N–H and O–H groups in total. The van der Waals surface area contributed by atoms with Crippen LogP contribution >= 0.6 is 0 Å². The average Bonchev–Trinajstić information content (AvgIpc) is 1.89. The maximum Gasteiger partial charge on any atom is 0.207 e. The van der Waals surface area contributed by atoms with Gasteiger partial charge in [0.1, 0.15) is 0 Å². The summed E-state index contributed by atoms with van der Waals surface area (Å²) in [5.41, 5.74) is 7.79. The van der Waals surface area contributed by atoms with Crippen LogP contribution in [-0.4, -0.2) is 19.5 Å². The molecule has 0 saturated carbocycles. The van der Waals surface area contributed by atoms with Gasteiger partial charge in [0, 0.05) is 18.0 Å². The maximum absolute atomic E-state index is 9.62. The van der Waals surface area contributed by atoms with Crippen LogP contribution in [0.25, 0.3) is 10.4 Å². The predicted molar refractivity (Wildman–Crippen MR) is 32.7 cm³/mol. The third-order valence-electron chi connectivity index (χ3n) is 0.726. The van der Waals surface area contributed by atoms with Crippen LogP contribution in [0.1, 0.15) is 6.42 Å². The summed E-state index contributed by atoms with van der Waals surface area (Å²) < 4.78 is 0. The second-order valence-corrected chi connectivity index (χ2v) is 1.38. The van der Waals surface area contributed by atoms with Crippen molar-refractivity contribution in [2.45, 2.75) is 6.42 Å². The first-order valence-corrected chi connectivity index (χ1v) is 2.59. The van der Waals surface area contributed by atoms with Crippen molar-refractivity contribution in [2.24, 2.45) is 5.11 Å². The number of carbonyl (C=O) groups is 1. The van der Waals surface area contributed by atoms with Gasteiger partial charge in [0.2, 0.25) is 6.41 Å². The minimum atomic E-state index is 0.442. The highest BCUT2D eigenvalue weighted by atomic mass is 16.1. The molecule has 0 aromatic rings. The van der Waals surface area contributed by atoms with Gasteiger partial charge in [-0.2, -0.15) is 0 Å². The molecule has 0 spiro atoms. The van der Waals surface area contributed by atoms with Crippen LogP contribution in [0.5, 0.6) is 0 Å². The Morgan fingerprint density at radius 2 is 2.56 bits per heavy atom. The van der Waals surface area contributed by atoms with Gasteiger partial charge >= 0.3 is 0 Å². The van der Waals surface area contributed by atoms with E-state index in [9.17, 15) is 4.79 Å². The Kier molecular flexibility index (Phi) is 5.86. The molecule has 0 fully saturated rings. The largest absolute Gasteiger partial charge is 0.359 e. The van der Waals surface area contributed by atoms with E-state index in [-0.39, 0.29) is 0 Å². The second kappa shape index (κ2) is 6.78. The lowest BCUT2D eigenvalue weighted by atomic mass is 10.4. The number of hydrogen-bond donors (Lipinski definition) is 1. The molecule has 0 aromatic heterocycles. The Hall–Kier alpha value is -1.22. The molecular weight excluding hydrogens is 120 g/mol. The summed E-state index contributed by atoms with van der Waals surface area (Å²) in [4.78, 5) is 12.2. The fraction of sp³-hybridized carbons (Fsp3) is 0.750. The Balaban J connectivity index is 2.90. The number of carbonyl (C=O) groups excluding carboxylic acids is 1. The minimum absolute atomic E-state index is 0.442. The summed E-state index contributed by atoms with van der Waals surface area (Å²) in [5.74, 6) is 0. The van der Waals surface area contributed by atoms with Crippen LogP contribution < -0.4 is 5.32 Å². The summed E-state index contributed by atoms with van der Waals surface area (Å²) >= 11 is 0. The number of rotatable bonds is 5. The van der Waals surface area contributed by atoms with Crippen LogP contribution in [0, 0.1) is 0 Å². The van der Waals surface area contributed by atoms with Gasteiger partial charge in [-0.05, 0) is 12.0 Å². The first kappa shape index (κ1) is 7.78.